The van der Waals surface area contributed by atoms with Crippen molar-refractivity contribution < 1.29 is 18.0 Å². The minimum absolute atomic E-state index is 0.105. The van der Waals surface area contributed by atoms with Crippen LogP contribution >= 0.6 is 0 Å². The van der Waals surface area contributed by atoms with Crippen LogP contribution in [0.4, 0.5) is 13.2 Å². The van der Waals surface area contributed by atoms with Crippen LogP contribution in [0.5, 0.6) is 0 Å². The van der Waals surface area contributed by atoms with Gasteiger partial charge in [-0.2, -0.15) is 13.2 Å². The van der Waals surface area contributed by atoms with Gasteiger partial charge in [-0.1, -0.05) is 0 Å². The van der Waals surface area contributed by atoms with Crippen LogP contribution in [0.2, 0.25) is 0 Å². The highest BCUT2D eigenvalue weighted by Gasteiger charge is 2.42. The molecule has 21 heavy (non-hydrogen) atoms. The van der Waals surface area contributed by atoms with Crippen molar-refractivity contribution in [1.82, 2.24) is 9.88 Å². The molecule has 2 aliphatic rings. The summed E-state index contributed by atoms with van der Waals surface area (Å²) in [7, 11) is 0. The molecule has 4 nitrogen and oxygen atoms in total. The summed E-state index contributed by atoms with van der Waals surface area (Å²) in [6.45, 7) is 0. The van der Waals surface area contributed by atoms with E-state index >= 15 is 0 Å². The Morgan fingerprint density at radius 1 is 1.24 bits per heavy atom. The van der Waals surface area contributed by atoms with Gasteiger partial charge in [-0.3, -0.25) is 9.78 Å². The Morgan fingerprint density at radius 2 is 1.86 bits per heavy atom. The zero-order chi connectivity index (χ0) is 15.2. The average Bonchev–Trinajstić information content (AvgIpc) is 2.69. The van der Waals surface area contributed by atoms with Crippen molar-refractivity contribution >= 4 is 5.91 Å². The molecule has 3 rings (SSSR count). The van der Waals surface area contributed by atoms with Crippen molar-refractivity contribution in [3.63, 3.8) is 0 Å². The number of nitrogens with zero attached hydrogens (tertiary/aromatic N) is 2. The number of hydrogen-bond acceptors (Lipinski definition) is 3. The van der Waals surface area contributed by atoms with Crippen LogP contribution in [-0.2, 0) is 6.18 Å². The molecule has 7 heteroatoms. The lowest BCUT2D eigenvalue weighted by Gasteiger charge is -2.37. The molecule has 1 aromatic heterocycles. The molecule has 0 radical (unpaired) electrons. The number of nitrogens with two attached hydrogens (primary N) is 1. The maximum Gasteiger partial charge on any atom is 0.433 e. The van der Waals surface area contributed by atoms with Crippen LogP contribution < -0.4 is 5.73 Å². The number of aromatic nitrogens is 1. The number of rotatable bonds is 1. The van der Waals surface area contributed by atoms with E-state index in [0.29, 0.717) is 0 Å². The number of amides is 1. The highest BCUT2D eigenvalue weighted by molar-refractivity contribution is 5.94. The second-order valence-electron chi connectivity index (χ2n) is 5.76. The minimum atomic E-state index is -4.49. The summed E-state index contributed by atoms with van der Waals surface area (Å²) in [5.74, 6) is -0.240. The Balaban J connectivity index is 1.80. The van der Waals surface area contributed by atoms with Gasteiger partial charge in [0.25, 0.3) is 5.91 Å². The lowest BCUT2D eigenvalue weighted by Crippen LogP contribution is -2.50. The molecule has 0 spiro atoms. The number of halogens is 3. The molecule has 3 heterocycles. The zero-order valence-electron chi connectivity index (χ0n) is 11.3. The first-order valence-electron chi connectivity index (χ1n) is 6.98. The van der Waals surface area contributed by atoms with Crippen LogP contribution in [0, 0.1) is 0 Å². The first-order valence-corrected chi connectivity index (χ1v) is 6.98. The third-order valence-corrected chi connectivity index (χ3v) is 4.30. The summed E-state index contributed by atoms with van der Waals surface area (Å²) in [4.78, 5) is 17.6. The minimum Gasteiger partial charge on any atom is -0.333 e. The molecule has 0 saturated carbocycles. The molecule has 114 valence electrons. The van der Waals surface area contributed by atoms with Gasteiger partial charge >= 0.3 is 6.18 Å². The van der Waals surface area contributed by atoms with Gasteiger partial charge in [-0.15, -0.1) is 0 Å². The second-order valence-corrected chi connectivity index (χ2v) is 5.76. The van der Waals surface area contributed by atoms with Crippen LogP contribution in [-0.4, -0.2) is 33.9 Å². The number of carbonyl (C=O) groups is 1. The van der Waals surface area contributed by atoms with Crippen molar-refractivity contribution in [2.75, 3.05) is 0 Å². The van der Waals surface area contributed by atoms with Crippen LogP contribution in [0.1, 0.15) is 41.7 Å². The highest BCUT2D eigenvalue weighted by Crippen LogP contribution is 2.36. The molecular formula is C14H16F3N3O. The van der Waals surface area contributed by atoms with Gasteiger partial charge in [0.05, 0.1) is 5.56 Å². The quantitative estimate of drug-likeness (QED) is 0.865. The van der Waals surface area contributed by atoms with E-state index in [4.69, 9.17) is 5.73 Å². The normalized spacial score (nSPS) is 28.8. The van der Waals surface area contributed by atoms with E-state index < -0.39 is 11.9 Å². The van der Waals surface area contributed by atoms with Crippen molar-refractivity contribution in [2.45, 2.75) is 50.0 Å². The van der Waals surface area contributed by atoms with Crippen molar-refractivity contribution in [3.8, 4) is 0 Å². The Kier molecular flexibility index (Phi) is 3.39. The van der Waals surface area contributed by atoms with Gasteiger partial charge in [-0.25, -0.2) is 0 Å². The number of fused-ring (bicyclic) bond motifs is 2. The lowest BCUT2D eigenvalue weighted by molar-refractivity contribution is -0.141. The largest absolute Gasteiger partial charge is 0.433 e. The summed E-state index contributed by atoms with van der Waals surface area (Å²) in [5, 5.41) is 0. The van der Waals surface area contributed by atoms with E-state index in [2.05, 4.69) is 4.98 Å². The van der Waals surface area contributed by atoms with Gasteiger partial charge in [-0.05, 0) is 37.8 Å². The Morgan fingerprint density at radius 3 is 2.33 bits per heavy atom. The Labute approximate surface area is 120 Å². The van der Waals surface area contributed by atoms with Crippen molar-refractivity contribution in [1.29, 1.82) is 0 Å². The van der Waals surface area contributed by atoms with Gasteiger partial charge < -0.3 is 10.6 Å². The fraction of sp³-hybridized carbons (Fsp3) is 0.571. The zero-order valence-corrected chi connectivity index (χ0v) is 11.3. The molecule has 0 aromatic carbocycles. The number of alkyl halides is 3. The summed E-state index contributed by atoms with van der Waals surface area (Å²) >= 11 is 0. The molecule has 2 fully saturated rings. The van der Waals surface area contributed by atoms with E-state index in [0.717, 1.165) is 37.9 Å². The predicted octanol–water partition coefficient (Wildman–Crippen LogP) is 2.19. The van der Waals surface area contributed by atoms with Gasteiger partial charge in [0, 0.05) is 24.3 Å². The number of piperidine rings is 1. The van der Waals surface area contributed by atoms with E-state index in [-0.39, 0.29) is 29.6 Å². The first kappa shape index (κ1) is 14.3. The molecule has 2 atom stereocenters. The van der Waals surface area contributed by atoms with E-state index in [1.54, 1.807) is 4.90 Å². The second kappa shape index (κ2) is 4.98. The molecule has 2 saturated heterocycles. The Bertz CT molecular complexity index is 529. The SMILES string of the molecule is NC1CC2CCC(C1)N2C(=O)c1ccc(C(F)(F)F)nc1. The smallest absolute Gasteiger partial charge is 0.333 e. The van der Waals surface area contributed by atoms with Crippen molar-refractivity contribution in [2.24, 2.45) is 5.73 Å². The molecule has 2 unspecified atom stereocenters. The molecule has 2 N–H and O–H groups in total. The van der Waals surface area contributed by atoms with Gasteiger partial charge in [0.15, 0.2) is 0 Å². The maximum absolute atomic E-state index is 12.5. The summed E-state index contributed by atoms with van der Waals surface area (Å²) in [5.41, 5.74) is 5.17. The van der Waals surface area contributed by atoms with Crippen LogP contribution in [0.25, 0.3) is 0 Å². The molecular weight excluding hydrogens is 283 g/mol. The number of hydrogen-bond donors (Lipinski definition) is 1. The number of carbonyl (C=O) groups excluding carboxylic acids is 1. The predicted molar refractivity (Wildman–Crippen MR) is 69.4 cm³/mol. The Hall–Kier alpha value is -1.63. The standard InChI is InChI=1S/C14H16F3N3O/c15-14(16,17)12-4-1-8(7-19-12)13(21)20-10-2-3-11(20)6-9(18)5-10/h1,4,7,9-11H,2-3,5-6,18H2. The van der Waals surface area contributed by atoms with Gasteiger partial charge in [0.2, 0.25) is 0 Å². The van der Waals surface area contributed by atoms with E-state index in [1.807, 2.05) is 0 Å². The average molecular weight is 299 g/mol. The monoisotopic (exact) mass is 299 g/mol. The lowest BCUT2D eigenvalue weighted by atomic mass is 9.97. The number of pyridine rings is 1. The molecule has 1 aromatic rings. The third kappa shape index (κ3) is 2.62. The van der Waals surface area contributed by atoms with Crippen molar-refractivity contribution in [3.05, 3.63) is 29.6 Å². The van der Waals surface area contributed by atoms with Crippen LogP contribution in [0.3, 0.4) is 0 Å². The summed E-state index contributed by atoms with van der Waals surface area (Å²) in [6, 6.07) is 2.37. The third-order valence-electron chi connectivity index (χ3n) is 4.30. The van der Waals surface area contributed by atoms with E-state index in [1.165, 1.54) is 6.07 Å². The maximum atomic E-state index is 12.5. The summed E-state index contributed by atoms with van der Waals surface area (Å²) < 4.78 is 37.4. The fourth-order valence-corrected chi connectivity index (χ4v) is 3.39. The summed E-state index contributed by atoms with van der Waals surface area (Å²) in [6.07, 6.45) is -0.124. The first-order chi connectivity index (χ1) is 9.86. The van der Waals surface area contributed by atoms with Gasteiger partial charge in [0.1, 0.15) is 5.69 Å². The molecule has 1 amide bonds. The fourth-order valence-electron chi connectivity index (χ4n) is 3.39. The van der Waals surface area contributed by atoms with Crippen LogP contribution in [0.15, 0.2) is 18.3 Å². The highest BCUT2D eigenvalue weighted by atomic mass is 19.4. The topological polar surface area (TPSA) is 59.2 Å². The molecule has 0 aliphatic carbocycles. The molecule has 2 bridgehead atoms. The molecule has 2 aliphatic heterocycles. The van der Waals surface area contributed by atoms with E-state index in [9.17, 15) is 18.0 Å².